The molecule has 0 bridgehead atoms. The van der Waals surface area contributed by atoms with Gasteiger partial charge in [-0.05, 0) is 35.9 Å². The van der Waals surface area contributed by atoms with Crippen LogP contribution in [0.2, 0.25) is 0 Å². The van der Waals surface area contributed by atoms with Crippen LogP contribution in [0.4, 0.5) is 18.9 Å². The molecule has 0 atom stereocenters. The molecule has 0 saturated carbocycles. The van der Waals surface area contributed by atoms with E-state index in [9.17, 15) is 13.2 Å². The molecule has 2 heterocycles. The van der Waals surface area contributed by atoms with Gasteiger partial charge >= 0.3 is 6.18 Å². The van der Waals surface area contributed by atoms with E-state index in [4.69, 9.17) is 4.74 Å². The normalized spacial score (nSPS) is 16.4. The van der Waals surface area contributed by atoms with Crippen molar-refractivity contribution in [3.05, 3.63) is 71.9 Å². The molecule has 25 heavy (non-hydrogen) atoms. The van der Waals surface area contributed by atoms with Crippen LogP contribution in [0.25, 0.3) is 10.9 Å². The number of fused-ring (bicyclic) bond motifs is 1. The topological polar surface area (TPSA) is 34.2 Å². The van der Waals surface area contributed by atoms with Gasteiger partial charge in [-0.3, -0.25) is 4.98 Å². The highest BCUT2D eigenvalue weighted by Gasteiger charge is 2.41. The SMILES string of the molecule is FC(F)(F)c1ccc(C2(Nc3ccc4cccnc4c3)COC2)cc1. The number of nitrogens with zero attached hydrogens (tertiary/aromatic N) is 1. The van der Waals surface area contributed by atoms with Crippen LogP contribution >= 0.6 is 0 Å². The van der Waals surface area contributed by atoms with Gasteiger partial charge in [-0.25, -0.2) is 0 Å². The quantitative estimate of drug-likeness (QED) is 0.754. The summed E-state index contributed by atoms with van der Waals surface area (Å²) in [7, 11) is 0. The summed E-state index contributed by atoms with van der Waals surface area (Å²) in [5.41, 5.74) is 1.31. The fourth-order valence-corrected chi connectivity index (χ4v) is 3.02. The van der Waals surface area contributed by atoms with Crippen LogP contribution in [-0.4, -0.2) is 18.2 Å². The molecule has 3 aromatic rings. The predicted molar refractivity (Wildman–Crippen MR) is 89.3 cm³/mol. The summed E-state index contributed by atoms with van der Waals surface area (Å²) in [5.74, 6) is 0. The molecule has 0 aliphatic carbocycles. The average Bonchev–Trinajstić information content (AvgIpc) is 2.57. The summed E-state index contributed by atoms with van der Waals surface area (Å²) in [6.45, 7) is 0.803. The minimum Gasteiger partial charge on any atom is -0.376 e. The van der Waals surface area contributed by atoms with E-state index in [0.29, 0.717) is 13.2 Å². The van der Waals surface area contributed by atoms with Crippen LogP contribution in [0.15, 0.2) is 60.8 Å². The van der Waals surface area contributed by atoms with Gasteiger partial charge in [-0.1, -0.05) is 24.3 Å². The number of halogens is 3. The first kappa shape index (κ1) is 15.9. The summed E-state index contributed by atoms with van der Waals surface area (Å²) in [4.78, 5) is 4.33. The van der Waals surface area contributed by atoms with Crippen molar-refractivity contribution in [3.63, 3.8) is 0 Å². The molecule has 1 aromatic heterocycles. The van der Waals surface area contributed by atoms with Gasteiger partial charge in [0, 0.05) is 17.3 Å². The third-order valence-corrected chi connectivity index (χ3v) is 4.45. The van der Waals surface area contributed by atoms with Gasteiger partial charge in [0.15, 0.2) is 0 Å². The number of aromatic nitrogens is 1. The Morgan fingerprint density at radius 2 is 1.76 bits per heavy atom. The molecule has 0 spiro atoms. The first-order valence-corrected chi connectivity index (χ1v) is 7.85. The zero-order chi connectivity index (χ0) is 17.5. The third kappa shape index (κ3) is 2.93. The lowest BCUT2D eigenvalue weighted by atomic mass is 9.87. The first-order chi connectivity index (χ1) is 12.0. The number of ether oxygens (including phenoxy) is 1. The number of rotatable bonds is 3. The molecule has 0 radical (unpaired) electrons. The van der Waals surface area contributed by atoms with Gasteiger partial charge < -0.3 is 10.1 Å². The van der Waals surface area contributed by atoms with Crippen LogP contribution in [0.1, 0.15) is 11.1 Å². The average molecular weight is 344 g/mol. The summed E-state index contributed by atoms with van der Waals surface area (Å²) in [5, 5.41) is 4.44. The van der Waals surface area contributed by atoms with Crippen molar-refractivity contribution in [3.8, 4) is 0 Å². The van der Waals surface area contributed by atoms with Gasteiger partial charge in [0.05, 0.1) is 24.3 Å². The second kappa shape index (κ2) is 5.74. The second-order valence-corrected chi connectivity index (χ2v) is 6.19. The maximum atomic E-state index is 12.8. The number of hydrogen-bond acceptors (Lipinski definition) is 3. The van der Waals surface area contributed by atoms with Crippen LogP contribution in [-0.2, 0) is 16.5 Å². The Morgan fingerprint density at radius 3 is 2.40 bits per heavy atom. The largest absolute Gasteiger partial charge is 0.416 e. The molecule has 1 aliphatic heterocycles. The smallest absolute Gasteiger partial charge is 0.376 e. The molecule has 3 nitrogen and oxygen atoms in total. The molecular formula is C19H15F3N2O. The van der Waals surface area contributed by atoms with Crippen LogP contribution < -0.4 is 5.32 Å². The maximum Gasteiger partial charge on any atom is 0.416 e. The van der Waals surface area contributed by atoms with Crippen molar-refractivity contribution in [1.29, 1.82) is 0 Å². The lowest BCUT2D eigenvalue weighted by Crippen LogP contribution is -2.52. The number of hydrogen-bond donors (Lipinski definition) is 1. The Kier molecular flexibility index (Phi) is 3.65. The van der Waals surface area contributed by atoms with Crippen molar-refractivity contribution in [2.75, 3.05) is 18.5 Å². The molecule has 128 valence electrons. The highest BCUT2D eigenvalue weighted by Crippen LogP contribution is 2.36. The van der Waals surface area contributed by atoms with Gasteiger partial charge in [-0.2, -0.15) is 13.2 Å². The fourth-order valence-electron chi connectivity index (χ4n) is 3.02. The molecule has 2 aromatic carbocycles. The summed E-state index contributed by atoms with van der Waals surface area (Å²) >= 11 is 0. The number of nitrogens with one attached hydrogen (secondary N) is 1. The summed E-state index contributed by atoms with van der Waals surface area (Å²) in [6.07, 6.45) is -2.61. The first-order valence-electron chi connectivity index (χ1n) is 7.85. The van der Waals surface area contributed by atoms with Gasteiger partial charge in [-0.15, -0.1) is 0 Å². The summed E-state index contributed by atoms with van der Waals surface area (Å²) in [6, 6.07) is 14.9. The zero-order valence-electron chi connectivity index (χ0n) is 13.2. The lowest BCUT2D eigenvalue weighted by molar-refractivity contribution is -0.137. The van der Waals surface area contributed by atoms with Crippen molar-refractivity contribution >= 4 is 16.6 Å². The Morgan fingerprint density at radius 1 is 1.00 bits per heavy atom. The van der Waals surface area contributed by atoms with E-state index in [1.165, 1.54) is 12.1 Å². The second-order valence-electron chi connectivity index (χ2n) is 6.19. The van der Waals surface area contributed by atoms with Gasteiger partial charge in [0.2, 0.25) is 0 Å². The highest BCUT2D eigenvalue weighted by atomic mass is 19.4. The zero-order valence-corrected chi connectivity index (χ0v) is 13.2. The van der Waals surface area contributed by atoms with Gasteiger partial charge in [0.1, 0.15) is 5.54 Å². The highest BCUT2D eigenvalue weighted by molar-refractivity contribution is 5.82. The van der Waals surface area contributed by atoms with E-state index in [1.807, 2.05) is 30.3 Å². The van der Waals surface area contributed by atoms with Crippen molar-refractivity contribution in [1.82, 2.24) is 4.98 Å². The Hall–Kier alpha value is -2.60. The van der Waals surface area contributed by atoms with E-state index >= 15 is 0 Å². The Labute approximate surface area is 142 Å². The molecular weight excluding hydrogens is 329 g/mol. The molecule has 1 N–H and O–H groups in total. The predicted octanol–water partition coefficient (Wildman–Crippen LogP) is 4.59. The van der Waals surface area contributed by atoms with Crippen LogP contribution in [0.3, 0.4) is 0 Å². The number of benzene rings is 2. The summed E-state index contributed by atoms with van der Waals surface area (Å²) < 4.78 is 43.6. The monoisotopic (exact) mass is 344 g/mol. The van der Waals surface area contributed by atoms with E-state index in [-0.39, 0.29) is 0 Å². The number of pyridine rings is 1. The molecule has 1 saturated heterocycles. The fraction of sp³-hybridized carbons (Fsp3) is 0.211. The number of anilines is 1. The van der Waals surface area contributed by atoms with Crippen molar-refractivity contribution in [2.24, 2.45) is 0 Å². The molecule has 6 heteroatoms. The third-order valence-electron chi connectivity index (χ3n) is 4.45. The molecule has 0 amide bonds. The lowest BCUT2D eigenvalue weighted by Gasteiger charge is -2.43. The Bertz CT molecular complexity index is 902. The van der Waals surface area contributed by atoms with E-state index in [1.54, 1.807) is 6.20 Å². The molecule has 4 rings (SSSR count). The standard InChI is InChI=1S/C19H15F3N2O/c20-19(21,22)15-6-4-14(5-7-15)18(11-25-12-18)24-16-8-3-13-2-1-9-23-17(13)10-16/h1-10,24H,11-12H2. The van der Waals surface area contributed by atoms with Crippen LogP contribution in [0, 0.1) is 0 Å². The van der Waals surface area contributed by atoms with E-state index in [2.05, 4.69) is 10.3 Å². The Balaban J connectivity index is 1.64. The molecule has 1 aliphatic rings. The molecule has 0 unspecified atom stereocenters. The van der Waals surface area contributed by atoms with E-state index < -0.39 is 17.3 Å². The number of alkyl halides is 3. The minimum atomic E-state index is -4.33. The van der Waals surface area contributed by atoms with Crippen molar-refractivity contribution in [2.45, 2.75) is 11.7 Å². The van der Waals surface area contributed by atoms with E-state index in [0.717, 1.165) is 34.3 Å². The maximum absolute atomic E-state index is 12.8. The minimum absolute atomic E-state index is 0.401. The van der Waals surface area contributed by atoms with Crippen LogP contribution in [0.5, 0.6) is 0 Å². The van der Waals surface area contributed by atoms with Crippen molar-refractivity contribution < 1.29 is 17.9 Å². The van der Waals surface area contributed by atoms with Gasteiger partial charge in [0.25, 0.3) is 0 Å². The molecule has 1 fully saturated rings.